The molecule has 2 aromatic rings. The Morgan fingerprint density at radius 2 is 1.97 bits per heavy atom. The van der Waals surface area contributed by atoms with E-state index in [1.54, 1.807) is 13.0 Å². The fraction of sp³-hybridized carbons (Fsp3) is 0.280. The number of piperidine rings is 1. The summed E-state index contributed by atoms with van der Waals surface area (Å²) in [5, 5.41) is 14.1. The van der Waals surface area contributed by atoms with Crippen molar-refractivity contribution in [3.8, 4) is 5.75 Å². The number of para-hydroxylation sites is 1. The van der Waals surface area contributed by atoms with Gasteiger partial charge in [-0.15, -0.1) is 0 Å². The standard InChI is InChI=1S/C25H25BFI3N3O3S/c1-16-6-7-18(27)12-23(16)37(35,36)32-10-8-17(9-11-32)15-31-24-13-21(19-4-2-3-5-22(19)34)29-25-20(26)14-28-30-33(24)25/h2-7,12-14,17,31,34H,8-11,15H2,1H3/q-1. The Hall–Kier alpha value is -0.845. The van der Waals surface area contributed by atoms with E-state index in [1.165, 1.54) is 20.1 Å². The zero-order chi connectivity index (χ0) is 26.2. The van der Waals surface area contributed by atoms with Gasteiger partial charge in [-0.05, 0) is 6.07 Å². The van der Waals surface area contributed by atoms with Gasteiger partial charge in [0.05, 0.1) is 0 Å². The third-order valence-corrected chi connectivity index (χ3v) is 20.4. The molecular formula is C25H25BFI3N3O3S-. The molecule has 0 atom stereocenters. The summed E-state index contributed by atoms with van der Waals surface area (Å²) in [5.41, 5.74) is 2.30. The maximum absolute atomic E-state index is 13.8. The third kappa shape index (κ3) is 6.01. The SMILES string of the molecule is [B]C1=C2I=C(c3ccccc3O)C=C(NCC3CCN(S(=O)(=O)c4cc(F)ccc4C)CC3)N2[I-]I=C1. The number of nitrogens with zero attached hydrogens (tertiary/aromatic N) is 2. The molecule has 6 nitrogen and oxygen atoms in total. The topological polar surface area (TPSA) is 72.9 Å². The molecule has 0 aliphatic carbocycles. The first-order valence-corrected chi connectivity index (χ1v) is 23.8. The van der Waals surface area contributed by atoms with Crippen molar-refractivity contribution in [1.82, 2.24) is 12.7 Å². The van der Waals surface area contributed by atoms with Crippen LogP contribution in [0.15, 0.2) is 68.4 Å². The first-order valence-electron chi connectivity index (χ1n) is 11.7. The molecule has 0 unspecified atom stereocenters. The molecule has 0 amide bonds. The Morgan fingerprint density at radius 3 is 2.73 bits per heavy atom. The van der Waals surface area contributed by atoms with E-state index in [0.29, 0.717) is 24.6 Å². The summed E-state index contributed by atoms with van der Waals surface area (Å²) in [6.07, 6.45) is 3.65. The van der Waals surface area contributed by atoms with Gasteiger partial charge in [0.25, 0.3) is 0 Å². The average Bonchev–Trinajstić information content (AvgIpc) is 2.89. The Balaban J connectivity index is 1.29. The van der Waals surface area contributed by atoms with E-state index in [0.717, 1.165) is 45.8 Å². The minimum atomic E-state index is -3.72. The van der Waals surface area contributed by atoms with E-state index < -0.39 is 36.6 Å². The number of hydrogen-bond acceptors (Lipinski definition) is 5. The van der Waals surface area contributed by atoms with Gasteiger partial charge in [-0.1, -0.05) is 0 Å². The molecule has 1 saturated heterocycles. The summed E-state index contributed by atoms with van der Waals surface area (Å²) in [7, 11) is 2.71. The van der Waals surface area contributed by atoms with E-state index in [9.17, 15) is 17.9 Å². The van der Waals surface area contributed by atoms with Crippen LogP contribution in [0.5, 0.6) is 5.75 Å². The molecule has 0 spiro atoms. The Bertz CT molecular complexity index is 1450. The number of fused-ring (bicyclic) bond motifs is 1. The third-order valence-electron chi connectivity index (χ3n) is 6.41. The van der Waals surface area contributed by atoms with Crippen LogP contribution in [0, 0.1) is 18.7 Å². The monoisotopic (exact) mass is 858 g/mol. The van der Waals surface area contributed by atoms with Gasteiger partial charge in [0.15, 0.2) is 0 Å². The maximum atomic E-state index is 13.8. The summed E-state index contributed by atoms with van der Waals surface area (Å²) >= 11 is -0.703. The molecule has 2 aromatic carbocycles. The Morgan fingerprint density at radius 1 is 1.22 bits per heavy atom. The predicted molar refractivity (Wildman–Crippen MR) is 160 cm³/mol. The molecule has 196 valence electrons. The molecular weight excluding hydrogens is 833 g/mol. The van der Waals surface area contributed by atoms with Crippen molar-refractivity contribution < 1.29 is 35.4 Å². The molecule has 3 heterocycles. The summed E-state index contributed by atoms with van der Waals surface area (Å²) < 4.78 is 48.6. The van der Waals surface area contributed by atoms with E-state index in [2.05, 4.69) is 18.5 Å². The molecule has 1 fully saturated rings. The van der Waals surface area contributed by atoms with Crippen LogP contribution in [0.3, 0.4) is 0 Å². The van der Waals surface area contributed by atoms with Crippen LogP contribution in [0.1, 0.15) is 24.0 Å². The molecule has 3 aliphatic rings. The summed E-state index contributed by atoms with van der Waals surface area (Å²) in [6, 6.07) is 11.4. The fourth-order valence-electron chi connectivity index (χ4n) is 4.34. The number of halogens is 4. The first kappa shape index (κ1) is 27.7. The molecule has 0 bridgehead atoms. The van der Waals surface area contributed by atoms with Crippen molar-refractivity contribution in [2.24, 2.45) is 5.92 Å². The van der Waals surface area contributed by atoms with Crippen LogP contribution in [-0.4, -0.2) is 55.9 Å². The van der Waals surface area contributed by atoms with Gasteiger partial charge in [0.1, 0.15) is 0 Å². The normalized spacial score (nSPS) is 19.6. The second-order valence-electron chi connectivity index (χ2n) is 8.91. The number of benzene rings is 2. The molecule has 12 heteroatoms. The molecule has 2 radical (unpaired) electrons. The van der Waals surface area contributed by atoms with Crippen molar-refractivity contribution in [1.29, 1.82) is 0 Å². The second kappa shape index (κ2) is 11.7. The van der Waals surface area contributed by atoms with Gasteiger partial charge in [0, 0.05) is 0 Å². The van der Waals surface area contributed by atoms with Crippen LogP contribution < -0.4 is 22.8 Å². The molecule has 37 heavy (non-hydrogen) atoms. The van der Waals surface area contributed by atoms with Crippen molar-refractivity contribution in [2.45, 2.75) is 24.7 Å². The molecule has 3 aliphatic heterocycles. The Labute approximate surface area is 245 Å². The number of phenols is 1. The number of phenolic OH excluding ortho intramolecular Hbond substituents is 1. The zero-order valence-corrected chi connectivity index (χ0v) is 27.3. The van der Waals surface area contributed by atoms with Crippen LogP contribution >= 0.6 is 37.5 Å². The van der Waals surface area contributed by atoms with Crippen LogP contribution in [-0.2, 0) is 10.0 Å². The van der Waals surface area contributed by atoms with Crippen LogP contribution in [0.4, 0.5) is 4.39 Å². The quantitative estimate of drug-likeness (QED) is 0.198. The number of rotatable bonds is 6. The first-order chi connectivity index (χ1) is 17.7. The van der Waals surface area contributed by atoms with Gasteiger partial charge in [-0.2, -0.15) is 0 Å². The summed E-state index contributed by atoms with van der Waals surface area (Å²) in [4.78, 5) is 0.0537. The minimum absolute atomic E-state index is 0.0428. The summed E-state index contributed by atoms with van der Waals surface area (Å²) in [5.74, 6) is 1.11. The van der Waals surface area contributed by atoms with E-state index in [-0.39, 0.29) is 44.9 Å². The average molecular weight is 858 g/mol. The number of hydrogen-bond donors (Lipinski definition) is 2. The molecule has 0 aromatic heterocycles. The zero-order valence-electron chi connectivity index (χ0n) is 20.0. The summed E-state index contributed by atoms with van der Waals surface area (Å²) in [6.45, 7) is 3.27. The van der Waals surface area contributed by atoms with Crippen molar-refractivity contribution in [3.05, 3.63) is 80.5 Å². The number of allylic oxidation sites excluding steroid dienone is 2. The molecule has 5 rings (SSSR count). The van der Waals surface area contributed by atoms with Crippen LogP contribution in [0.25, 0.3) is 0 Å². The number of aromatic hydroxyl groups is 1. The van der Waals surface area contributed by atoms with Gasteiger partial charge >= 0.3 is 237 Å². The van der Waals surface area contributed by atoms with Crippen molar-refractivity contribution in [3.63, 3.8) is 0 Å². The molecule has 2 N–H and O–H groups in total. The Kier molecular flexibility index (Phi) is 8.78. The second-order valence-corrected chi connectivity index (χ2v) is 21.6. The van der Waals surface area contributed by atoms with Crippen molar-refractivity contribution in [2.75, 3.05) is 19.6 Å². The van der Waals surface area contributed by atoms with Crippen LogP contribution in [0.2, 0.25) is 0 Å². The van der Waals surface area contributed by atoms with E-state index >= 15 is 0 Å². The number of nitrogens with one attached hydrogen (secondary N) is 1. The van der Waals surface area contributed by atoms with Gasteiger partial charge in [-0.25, -0.2) is 4.39 Å². The number of aryl methyl sites for hydroxylation is 1. The predicted octanol–water partition coefficient (Wildman–Crippen LogP) is 1.22. The number of sulfonamides is 1. The fourth-order valence-corrected chi connectivity index (χ4v) is 21.1. The van der Waals surface area contributed by atoms with Gasteiger partial charge < -0.3 is 0 Å². The van der Waals surface area contributed by atoms with Gasteiger partial charge in [0.2, 0.25) is 0 Å². The van der Waals surface area contributed by atoms with E-state index in [1.807, 2.05) is 18.2 Å². The van der Waals surface area contributed by atoms with Crippen molar-refractivity contribution >= 4 is 62.9 Å². The van der Waals surface area contributed by atoms with E-state index in [4.69, 9.17) is 7.85 Å². The van der Waals surface area contributed by atoms with Gasteiger partial charge in [-0.3, -0.25) is 0 Å². The molecule has 0 saturated carbocycles.